The molecule has 0 radical (unpaired) electrons. The molecule has 0 aromatic heterocycles. The smallest absolute Gasteiger partial charge is 0.312 e. The predicted molar refractivity (Wildman–Crippen MR) is 554 cm³/mol. The molecular weight excluding hydrogens is 1710 g/mol. The minimum atomic E-state index is -0.400. The van der Waals surface area contributed by atoms with Crippen LogP contribution in [0.1, 0.15) is 451 Å². The van der Waals surface area contributed by atoms with Crippen LogP contribution in [0.5, 0.6) is 0 Å². The van der Waals surface area contributed by atoms with Crippen molar-refractivity contribution in [2.24, 2.45) is 201 Å². The Morgan fingerprint density at radius 2 is 0.543 bits per heavy atom. The Hall–Kier alpha value is -3.00. The van der Waals surface area contributed by atoms with E-state index < -0.39 is 5.79 Å². The normalized spacial score (nSPS) is 50.3. The highest BCUT2D eigenvalue weighted by Crippen LogP contribution is 2.84. The summed E-state index contributed by atoms with van der Waals surface area (Å²) >= 11 is 0. The van der Waals surface area contributed by atoms with Gasteiger partial charge in [0.2, 0.25) is 0 Å². The number of allylic oxidation sites excluding steroid dienone is 8. The minimum absolute atomic E-state index is 0.00270. The number of hydrogen-bond acceptors (Lipinski definition) is 12. The number of esters is 2. The fourth-order valence-corrected chi connectivity index (χ4v) is 44.3. The first kappa shape index (κ1) is 104. The average Bonchev–Trinajstić information content (AvgIpc) is 0.857. The van der Waals surface area contributed by atoms with E-state index in [1.807, 2.05) is 0 Å². The molecule has 18 fully saturated rings. The summed E-state index contributed by atoms with van der Waals surface area (Å²) in [5.41, 5.74) is 10.0. The largest absolute Gasteiger partial charge is 0.469 e. The molecule has 20 aliphatic carbocycles. The monoisotopic (exact) mass is 1910 g/mol. The van der Waals surface area contributed by atoms with E-state index in [2.05, 4.69) is 218 Å². The van der Waals surface area contributed by atoms with E-state index in [0.29, 0.717) is 123 Å². The number of hydrogen-bond donors (Lipinski definition) is 2. The van der Waals surface area contributed by atoms with Gasteiger partial charge in [0, 0.05) is 71.4 Å². The number of methoxy groups -OCH3 is 2. The zero-order valence-corrected chi connectivity index (χ0v) is 93.7. The molecule has 16 saturated carbocycles. The minimum Gasteiger partial charge on any atom is -0.469 e. The van der Waals surface area contributed by atoms with Crippen LogP contribution in [0, 0.1) is 201 Å². The van der Waals surface area contributed by atoms with Crippen molar-refractivity contribution < 1.29 is 57.8 Å². The Morgan fingerprint density at radius 3 is 0.833 bits per heavy atom. The molecular formula is C126H200O12. The maximum atomic E-state index is 13.4. The van der Waals surface area contributed by atoms with Gasteiger partial charge >= 0.3 is 11.9 Å². The number of fused-ring (bicyclic) bond motifs is 28. The van der Waals surface area contributed by atoms with Gasteiger partial charge in [-0.25, -0.2) is 0 Å². The summed E-state index contributed by atoms with van der Waals surface area (Å²) in [6.07, 6.45) is 56.0. The van der Waals surface area contributed by atoms with E-state index in [-0.39, 0.29) is 121 Å². The zero-order valence-electron chi connectivity index (χ0n) is 93.7. The summed E-state index contributed by atoms with van der Waals surface area (Å²) in [5.74, 6) is 6.83. The second-order valence-electron chi connectivity index (χ2n) is 61.8. The van der Waals surface area contributed by atoms with Crippen molar-refractivity contribution in [3.63, 3.8) is 0 Å². The number of carbonyl (C=O) groups excluding carboxylic acids is 4. The van der Waals surface area contributed by atoms with Gasteiger partial charge in [0.1, 0.15) is 11.6 Å². The van der Waals surface area contributed by atoms with E-state index in [1.165, 1.54) is 135 Å². The average molecular weight is 1910 g/mol. The van der Waals surface area contributed by atoms with E-state index in [9.17, 15) is 29.4 Å². The Kier molecular flexibility index (Phi) is 24.6. The first-order valence-corrected chi connectivity index (χ1v) is 57.8. The van der Waals surface area contributed by atoms with Crippen molar-refractivity contribution in [2.75, 3.05) is 53.9 Å². The summed E-state index contributed by atoms with van der Waals surface area (Å²) in [6.45, 7) is 73.2. The van der Waals surface area contributed by atoms with Crippen LogP contribution in [0.15, 0.2) is 46.6 Å². The molecule has 2 aliphatic heterocycles. The molecule has 0 aromatic carbocycles. The van der Waals surface area contributed by atoms with Crippen LogP contribution < -0.4 is 0 Å². The molecule has 2 heterocycles. The molecule has 0 bridgehead atoms. The summed E-state index contributed by atoms with van der Waals surface area (Å²) in [6, 6.07) is 0. The quantitative estimate of drug-likeness (QED) is 0.203. The Balaban J connectivity index is 0.000000118. The van der Waals surface area contributed by atoms with Crippen LogP contribution in [-0.4, -0.2) is 99.2 Å². The van der Waals surface area contributed by atoms with Crippen LogP contribution in [0.4, 0.5) is 0 Å². The van der Waals surface area contributed by atoms with Gasteiger partial charge in [0.15, 0.2) is 11.6 Å². The number of aliphatic hydroxyl groups excluding tert-OH is 2. The number of aliphatic hydroxyl groups is 2. The van der Waals surface area contributed by atoms with Gasteiger partial charge in [-0.1, -0.05) is 240 Å². The van der Waals surface area contributed by atoms with Crippen LogP contribution in [0.3, 0.4) is 0 Å². The number of rotatable bonds is 4. The van der Waals surface area contributed by atoms with Gasteiger partial charge < -0.3 is 38.6 Å². The number of carbonyl (C=O) groups is 4. The van der Waals surface area contributed by atoms with Crippen LogP contribution in [-0.2, 0) is 47.6 Å². The van der Waals surface area contributed by atoms with Gasteiger partial charge in [-0.05, 0) is 389 Å². The topological polar surface area (TPSA) is 164 Å². The molecule has 22 aliphatic rings. The number of ketones is 2. The highest BCUT2D eigenvalue weighted by molar-refractivity contribution is 5.86. The molecule has 0 amide bonds. The molecule has 0 aromatic rings. The van der Waals surface area contributed by atoms with E-state index in [1.54, 1.807) is 36.5 Å². The third-order valence-electron chi connectivity index (χ3n) is 53.9. The lowest BCUT2D eigenvalue weighted by atomic mass is 9.33. The molecule has 776 valence electrons. The summed E-state index contributed by atoms with van der Waals surface area (Å²) in [4.78, 5) is 52.6. The molecule has 12 heteroatoms. The van der Waals surface area contributed by atoms with E-state index >= 15 is 0 Å². The first-order valence-electron chi connectivity index (χ1n) is 57.8. The van der Waals surface area contributed by atoms with Gasteiger partial charge in [-0.3, -0.25) is 19.2 Å². The van der Waals surface area contributed by atoms with Crippen molar-refractivity contribution in [3.05, 3.63) is 46.6 Å². The molecule has 138 heavy (non-hydrogen) atoms. The maximum Gasteiger partial charge on any atom is 0.312 e. The lowest BCUT2D eigenvalue weighted by molar-refractivity contribution is -0.307. The molecule has 2 N–H and O–H groups in total. The van der Waals surface area contributed by atoms with Crippen LogP contribution >= 0.6 is 0 Å². The lowest BCUT2D eigenvalue weighted by Crippen LogP contribution is -2.67. The Morgan fingerprint density at radius 1 is 0.297 bits per heavy atom. The van der Waals surface area contributed by atoms with Crippen molar-refractivity contribution in [1.29, 1.82) is 0 Å². The van der Waals surface area contributed by atoms with Gasteiger partial charge in [-0.15, -0.1) is 0 Å². The second-order valence-corrected chi connectivity index (χ2v) is 61.8. The molecule has 28 atom stereocenters. The van der Waals surface area contributed by atoms with Crippen molar-refractivity contribution in [2.45, 2.75) is 462 Å². The second kappa shape index (κ2) is 32.8. The predicted octanol–water partition coefficient (Wildman–Crippen LogP) is 30.1. The van der Waals surface area contributed by atoms with Crippen molar-refractivity contribution in [3.8, 4) is 0 Å². The standard InChI is InChI=1S/C33H52O4.C32H52O3.C31H48O3.C30H48O2/c1-27(2)13-16-32(26(34)35-8)17-15-30(6)22(23(32)21-27)9-10-25-29(5)14-18-33(36-19-20-37-33)28(3,4)24(29)11-12-31(25,30)7;1-26(2)12-15-31(21-33)16-14-29(6)22(23(31)20-26)8-9-25-28(5)13-17-32(34-18-19-35-32)27(3,4)24(28)10-11-30(25,29)7;1-26(2)15-17-31(25(33)34-8)18-16-29(6)20(21(31)19-26)9-10-23-28(5)13-12-24(32)27(3,4)22(28)11-14-30(23,29)7;1-25(2)14-16-30(19-31)17-15-28(6)20(21(30)18-25)8-9-23-27(5)12-11-24(32)26(3,4)22(27)10-13-29(23,28)7/h9,23-25H,10-21H2,1-8H3;8,23-25,33H,9-21H2,1-7H3;9,21-23H,10-19H2,1-8H3;8,21-23,31H,9-19H2,1-7H3/t23-,24?,25?,29-,30-,31+,32?;23-,24?,25?,28-,29-,30+,31?;21-,22?,23?,28-,29-,30+,31?;21-,22?,23?,27-,28-,29+,30?/m0000/s1. The van der Waals surface area contributed by atoms with Crippen LogP contribution in [0.25, 0.3) is 0 Å². The lowest BCUT2D eigenvalue weighted by Gasteiger charge is -2.72. The number of Topliss-reactive ketones (excluding diaryl/α,β-unsaturated/α-hetero) is 2. The van der Waals surface area contributed by atoms with Gasteiger partial charge in [0.05, 0.1) is 51.5 Å². The van der Waals surface area contributed by atoms with Crippen molar-refractivity contribution >= 4 is 23.5 Å². The Labute approximate surface area is 839 Å². The molecule has 22 rings (SSSR count). The fourth-order valence-electron chi connectivity index (χ4n) is 44.3. The van der Waals surface area contributed by atoms with E-state index in [4.69, 9.17) is 28.4 Å². The maximum absolute atomic E-state index is 13.4. The molecule has 12 nitrogen and oxygen atoms in total. The molecule has 2 spiro atoms. The van der Waals surface area contributed by atoms with Crippen molar-refractivity contribution in [1.82, 2.24) is 0 Å². The summed E-state index contributed by atoms with van der Waals surface area (Å²) in [5, 5.41) is 21.4. The highest BCUT2D eigenvalue weighted by Gasteiger charge is 2.78. The SMILES string of the molecule is CC1(C)CCC2(CO)CC[C@@]3(C)C(=CCC4[C@@]5(C)CCC(=O)C(C)(C)C5CC[C@]43C)[C@@H]2C1.CC1(C)CCC2(CO)CC[C@@]3(C)C(=CCC4[C@@]5(C)CCC6(OCCO6)C(C)(C)C5CC[C@]43C)[C@@H]2C1.COC(=O)C12CCC(C)(C)C[C@H]1C1=CCC3[C@@]4(C)CCC(=O)C(C)(C)C4CC[C@@]3(C)[C@@]1(C)CC2.COC(=O)C12CCC(C)(C)C[C@H]1C1=CCC3[C@@]4(C)CCC5(OCCO5)C(C)(C)C4CC[C@@]3(C)[C@@]1(C)CC2. The highest BCUT2D eigenvalue weighted by atomic mass is 16.7. The fraction of sp³-hybridized carbons (Fsp3) is 0.905. The molecule has 12 unspecified atom stereocenters. The third kappa shape index (κ3) is 13.9. The summed E-state index contributed by atoms with van der Waals surface area (Å²) < 4.78 is 36.6. The zero-order chi connectivity index (χ0) is 100. The van der Waals surface area contributed by atoms with Crippen LogP contribution in [0.2, 0.25) is 0 Å². The first-order chi connectivity index (χ1) is 63.9. The van der Waals surface area contributed by atoms with Gasteiger partial charge in [0.25, 0.3) is 0 Å². The third-order valence-corrected chi connectivity index (χ3v) is 53.9. The molecule has 2 saturated heterocycles. The van der Waals surface area contributed by atoms with E-state index in [0.717, 1.165) is 148 Å². The number of ether oxygens (including phenoxy) is 6. The Bertz CT molecular complexity index is 4910. The summed E-state index contributed by atoms with van der Waals surface area (Å²) in [7, 11) is 3.19. The van der Waals surface area contributed by atoms with Gasteiger partial charge in [-0.2, -0.15) is 0 Å².